The van der Waals surface area contributed by atoms with Crippen molar-refractivity contribution in [1.29, 1.82) is 0 Å². The molecule has 8 heteroatoms. The van der Waals surface area contributed by atoms with E-state index in [0.717, 1.165) is 62.6 Å². The van der Waals surface area contributed by atoms with Crippen molar-refractivity contribution < 1.29 is 28.7 Å². The van der Waals surface area contributed by atoms with E-state index in [2.05, 4.69) is 64.8 Å². The number of hydrogen-bond acceptors (Lipinski definition) is 7. The summed E-state index contributed by atoms with van der Waals surface area (Å²) < 4.78 is 12.0. The average molecular weight is 785 g/mol. The van der Waals surface area contributed by atoms with Gasteiger partial charge in [-0.3, -0.25) is 24.2 Å². The first-order valence-electron chi connectivity index (χ1n) is 21.9. The fourth-order valence-electron chi connectivity index (χ4n) is 13.3. The topological polar surface area (TPSA) is 112 Å². The molecule has 6 rings (SSSR count). The van der Waals surface area contributed by atoms with Gasteiger partial charge in [-0.2, -0.15) is 0 Å². The predicted octanol–water partition coefficient (Wildman–Crippen LogP) is 10.5. The Morgan fingerprint density at radius 2 is 1.60 bits per heavy atom. The van der Waals surface area contributed by atoms with Crippen LogP contribution in [0.1, 0.15) is 166 Å². The summed E-state index contributed by atoms with van der Waals surface area (Å²) in [6.07, 6.45) is 13.7. The monoisotopic (exact) mass is 785 g/mol. The second-order valence-corrected chi connectivity index (χ2v) is 22.1. The molecule has 0 saturated heterocycles. The van der Waals surface area contributed by atoms with Gasteiger partial charge in [0.25, 0.3) is 0 Å². The third-order valence-electron chi connectivity index (χ3n) is 16.3. The molecule has 1 amide bonds. The molecule has 5 aliphatic rings. The number of ketones is 1. The Bertz CT molecular complexity index is 1820. The third kappa shape index (κ3) is 7.47. The first-order valence-corrected chi connectivity index (χ1v) is 21.9. The van der Waals surface area contributed by atoms with Gasteiger partial charge >= 0.3 is 11.9 Å². The molecule has 0 bridgehead atoms. The number of carbonyl (C=O) groups excluding carboxylic acids is 4. The Morgan fingerprint density at radius 1 is 0.895 bits per heavy atom. The van der Waals surface area contributed by atoms with Gasteiger partial charge < -0.3 is 14.8 Å². The molecule has 0 spiro atoms. The van der Waals surface area contributed by atoms with Crippen molar-refractivity contribution in [3.8, 4) is 0 Å². The number of allylic oxidation sites excluding steroid dienone is 3. The van der Waals surface area contributed by atoms with Gasteiger partial charge in [0.15, 0.2) is 5.78 Å². The number of esters is 2. The van der Waals surface area contributed by atoms with E-state index >= 15 is 0 Å². The highest BCUT2D eigenvalue weighted by molar-refractivity contribution is 6.01. The molecule has 9 atom stereocenters. The molecule has 1 aromatic heterocycles. The Morgan fingerprint density at radius 3 is 2.23 bits per heavy atom. The summed E-state index contributed by atoms with van der Waals surface area (Å²) in [6.45, 7) is 27.6. The van der Waals surface area contributed by atoms with E-state index in [1.165, 1.54) is 5.57 Å². The highest BCUT2D eigenvalue weighted by Crippen LogP contribution is 2.77. The maximum absolute atomic E-state index is 14.1. The number of ether oxygens (including phenoxy) is 2. The summed E-state index contributed by atoms with van der Waals surface area (Å²) in [5, 5.41) is 3.10. The van der Waals surface area contributed by atoms with Gasteiger partial charge in [-0.1, -0.05) is 60.6 Å². The fourth-order valence-corrected chi connectivity index (χ4v) is 13.3. The zero-order valence-corrected chi connectivity index (χ0v) is 37.4. The summed E-state index contributed by atoms with van der Waals surface area (Å²) >= 11 is 0. The van der Waals surface area contributed by atoms with Gasteiger partial charge in [0.1, 0.15) is 11.7 Å². The van der Waals surface area contributed by atoms with Crippen LogP contribution in [0.3, 0.4) is 0 Å². The lowest BCUT2D eigenvalue weighted by Crippen LogP contribution is -2.65. The SMILES string of the molecule is CC(C)C1=C2[C@H]3CC[C@@H]4[C@@]5(C)CC[C@H](OC(=O)CC(C)(C)C(=O)OC(C)(C)C)C(C)(C)[C@@H]5CC[C@@]4(C)[C@]3(C)CC[C@@]2(/C=C/C(=O)N[C@H](C)c2ccccn2)CC1=O. The van der Waals surface area contributed by atoms with Gasteiger partial charge in [-0.25, -0.2) is 0 Å². The Kier molecular flexibility index (Phi) is 11.2. The average Bonchev–Trinajstić information content (AvgIpc) is 3.40. The minimum absolute atomic E-state index is 0.00220. The summed E-state index contributed by atoms with van der Waals surface area (Å²) in [5.74, 6) is 0.650. The Balaban J connectivity index is 1.23. The molecule has 1 N–H and O–H groups in total. The van der Waals surface area contributed by atoms with Crippen LogP contribution in [0.4, 0.5) is 0 Å². The molecule has 0 aliphatic heterocycles. The van der Waals surface area contributed by atoms with Crippen molar-refractivity contribution in [1.82, 2.24) is 10.3 Å². The lowest BCUT2D eigenvalue weighted by atomic mass is 9.33. The van der Waals surface area contributed by atoms with Crippen molar-refractivity contribution in [3.63, 3.8) is 0 Å². The van der Waals surface area contributed by atoms with E-state index in [4.69, 9.17) is 9.47 Å². The molecule has 4 saturated carbocycles. The van der Waals surface area contributed by atoms with Crippen LogP contribution in [-0.2, 0) is 28.7 Å². The lowest BCUT2D eigenvalue weighted by Gasteiger charge is -2.72. The summed E-state index contributed by atoms with van der Waals surface area (Å²) in [6, 6.07) is 5.50. The molecule has 8 nitrogen and oxygen atoms in total. The highest BCUT2D eigenvalue weighted by Gasteiger charge is 2.70. The summed E-state index contributed by atoms with van der Waals surface area (Å²) in [5.41, 5.74) is 1.01. The van der Waals surface area contributed by atoms with E-state index < -0.39 is 16.4 Å². The minimum Gasteiger partial charge on any atom is -0.462 e. The first-order chi connectivity index (χ1) is 26.3. The molecule has 1 heterocycles. The molecule has 314 valence electrons. The molecule has 1 aromatic rings. The standard InChI is InChI=1S/C49H72N2O6/c1-30(2)40-34(52)28-49(24-21-38(53)51-31(3)33-16-14-15-27-50-33)26-25-47(12)32(41(40)49)17-18-36-46(11)22-20-37(45(9,10)35(46)19-23-48(36,47)13)56-39(54)29-44(7,8)42(55)57-43(4,5)6/h14-16,21,24,27,30-32,35-37H,17-20,22-23,25-26,28-29H2,1-13H3,(H,51,53)/b24-21+/t31-,32-,35+,36-,37+,46+,47-,48-,49+/m1/s1. The number of carbonyl (C=O) groups is 4. The van der Waals surface area contributed by atoms with Crippen molar-refractivity contribution >= 4 is 23.6 Å². The zero-order chi connectivity index (χ0) is 42.1. The van der Waals surface area contributed by atoms with Crippen LogP contribution in [0, 0.1) is 56.2 Å². The van der Waals surface area contributed by atoms with Crippen molar-refractivity contribution in [2.75, 3.05) is 0 Å². The number of rotatable bonds is 9. The predicted molar refractivity (Wildman–Crippen MR) is 223 cm³/mol. The van der Waals surface area contributed by atoms with Gasteiger partial charge in [-0.15, -0.1) is 0 Å². The number of nitrogens with one attached hydrogen (secondary N) is 1. The van der Waals surface area contributed by atoms with E-state index in [1.54, 1.807) is 26.1 Å². The number of aromatic nitrogens is 1. The number of pyridine rings is 1. The Hall–Kier alpha value is -3.29. The van der Waals surface area contributed by atoms with E-state index in [1.807, 2.05) is 45.9 Å². The van der Waals surface area contributed by atoms with Crippen LogP contribution >= 0.6 is 0 Å². The van der Waals surface area contributed by atoms with Gasteiger partial charge in [-0.05, 0) is 162 Å². The van der Waals surface area contributed by atoms with Crippen LogP contribution in [0.2, 0.25) is 0 Å². The van der Waals surface area contributed by atoms with E-state index in [9.17, 15) is 19.2 Å². The van der Waals surface area contributed by atoms with Gasteiger partial charge in [0.05, 0.1) is 23.6 Å². The van der Waals surface area contributed by atoms with Crippen molar-refractivity contribution in [2.24, 2.45) is 56.2 Å². The second-order valence-electron chi connectivity index (χ2n) is 22.1. The number of Topliss-reactive ketones (excluding diaryl/α,β-unsaturated/α-hetero) is 1. The largest absolute Gasteiger partial charge is 0.462 e. The van der Waals surface area contributed by atoms with Crippen LogP contribution in [0.15, 0.2) is 47.7 Å². The van der Waals surface area contributed by atoms with Crippen LogP contribution in [0.25, 0.3) is 0 Å². The van der Waals surface area contributed by atoms with Gasteiger partial charge in [0, 0.05) is 23.4 Å². The number of amides is 1. The smallest absolute Gasteiger partial charge is 0.312 e. The molecule has 0 radical (unpaired) electrons. The lowest BCUT2D eigenvalue weighted by molar-refractivity contribution is -0.232. The molecule has 0 unspecified atom stereocenters. The molecule has 57 heavy (non-hydrogen) atoms. The maximum Gasteiger partial charge on any atom is 0.312 e. The molecular weight excluding hydrogens is 713 g/mol. The number of fused-ring (bicyclic) bond motifs is 7. The van der Waals surface area contributed by atoms with E-state index in [-0.39, 0.29) is 75.7 Å². The summed E-state index contributed by atoms with van der Waals surface area (Å²) in [4.78, 5) is 58.4. The van der Waals surface area contributed by atoms with E-state index in [0.29, 0.717) is 18.3 Å². The molecule has 4 fully saturated rings. The third-order valence-corrected chi connectivity index (χ3v) is 16.3. The van der Waals surface area contributed by atoms with Crippen molar-refractivity contribution in [3.05, 3.63) is 53.4 Å². The quantitative estimate of drug-likeness (QED) is 0.196. The minimum atomic E-state index is -0.980. The zero-order valence-electron chi connectivity index (χ0n) is 37.4. The van der Waals surface area contributed by atoms with Crippen molar-refractivity contribution in [2.45, 2.75) is 172 Å². The van der Waals surface area contributed by atoms with Crippen LogP contribution < -0.4 is 5.32 Å². The molecule has 5 aliphatic carbocycles. The Labute approximate surface area is 343 Å². The summed E-state index contributed by atoms with van der Waals surface area (Å²) in [7, 11) is 0. The maximum atomic E-state index is 14.1. The first kappa shape index (κ1) is 43.3. The fraction of sp³-hybridized carbons (Fsp3) is 0.735. The number of nitrogens with zero attached hydrogens (tertiary/aromatic N) is 1. The van der Waals surface area contributed by atoms with Crippen LogP contribution in [-0.4, -0.2) is 40.3 Å². The highest BCUT2D eigenvalue weighted by atomic mass is 16.6. The number of hydrogen-bond donors (Lipinski definition) is 1. The molecule has 0 aromatic carbocycles. The second kappa shape index (κ2) is 14.8. The van der Waals surface area contributed by atoms with Gasteiger partial charge in [0.2, 0.25) is 5.91 Å². The normalized spacial score (nSPS) is 35.5. The van der Waals surface area contributed by atoms with Crippen LogP contribution in [0.5, 0.6) is 0 Å². The molecular formula is C49H72N2O6.